The molecule has 0 bridgehead atoms. The number of ether oxygens (including phenoxy) is 3. The Morgan fingerprint density at radius 1 is 1.09 bits per heavy atom. The average Bonchev–Trinajstić information content (AvgIpc) is 3.65. The van der Waals surface area contributed by atoms with Crippen LogP contribution in [0.2, 0.25) is 10.0 Å². The van der Waals surface area contributed by atoms with Gasteiger partial charge in [0.1, 0.15) is 16.1 Å². The van der Waals surface area contributed by atoms with Gasteiger partial charge in [0.15, 0.2) is 29.3 Å². The van der Waals surface area contributed by atoms with Crippen molar-refractivity contribution < 1.29 is 41.2 Å². The number of sulfonamides is 1. The monoisotopic (exact) mass is 674 g/mol. The molecular formula is C28H28Cl2F2N3O6S2+. The van der Waals surface area contributed by atoms with E-state index in [2.05, 4.69) is 9.72 Å². The normalized spacial score (nSPS) is 18.0. The Morgan fingerprint density at radius 3 is 2.44 bits per heavy atom. The van der Waals surface area contributed by atoms with E-state index in [0.29, 0.717) is 35.1 Å². The van der Waals surface area contributed by atoms with Gasteiger partial charge >= 0.3 is 12.6 Å². The molecule has 3 N–H and O–H groups in total. The van der Waals surface area contributed by atoms with Gasteiger partial charge in [-0.1, -0.05) is 29.3 Å². The van der Waals surface area contributed by atoms with Gasteiger partial charge in [-0.15, -0.1) is 11.8 Å². The van der Waals surface area contributed by atoms with Crippen molar-refractivity contribution in [2.75, 3.05) is 24.6 Å². The number of nitrogen functional groups attached to an aromatic ring is 1. The van der Waals surface area contributed by atoms with Crippen LogP contribution >= 0.6 is 35.0 Å². The first-order chi connectivity index (χ1) is 20.5. The number of rotatable bonds is 12. The average molecular weight is 676 g/mol. The first-order valence-electron chi connectivity index (χ1n) is 13.3. The number of aromatic amines is 1. The van der Waals surface area contributed by atoms with Crippen LogP contribution in [0.4, 0.5) is 14.5 Å². The van der Waals surface area contributed by atoms with Crippen molar-refractivity contribution in [3.05, 3.63) is 76.0 Å². The van der Waals surface area contributed by atoms with Crippen LogP contribution in [0.3, 0.4) is 0 Å². The van der Waals surface area contributed by atoms with E-state index in [0.717, 1.165) is 28.9 Å². The van der Waals surface area contributed by atoms with Gasteiger partial charge in [0.05, 0.1) is 11.5 Å². The number of benzene rings is 2. The van der Waals surface area contributed by atoms with E-state index in [1.807, 2.05) is 0 Å². The Bertz CT molecular complexity index is 1560. The molecule has 1 saturated heterocycles. The number of nitrogens with one attached hydrogen (secondary N) is 1. The summed E-state index contributed by atoms with van der Waals surface area (Å²) < 4.78 is 70.6. The van der Waals surface area contributed by atoms with E-state index in [-0.39, 0.29) is 39.4 Å². The highest BCUT2D eigenvalue weighted by molar-refractivity contribution is 8.02. The number of anilines is 1. The lowest BCUT2D eigenvalue weighted by Crippen LogP contribution is -2.40. The third kappa shape index (κ3) is 7.63. The number of hydrogen-bond donors (Lipinski definition) is 1. The number of alkyl halides is 2. The molecule has 0 radical (unpaired) electrons. The second kappa shape index (κ2) is 13.4. The number of aromatic nitrogens is 1. The first kappa shape index (κ1) is 31.6. The zero-order valence-electron chi connectivity index (χ0n) is 22.6. The molecule has 230 valence electrons. The number of halogens is 4. The van der Waals surface area contributed by atoms with Crippen LogP contribution in [0.25, 0.3) is 0 Å². The lowest BCUT2D eigenvalue weighted by atomic mass is 10.0. The molecule has 3 aromatic rings. The molecule has 0 amide bonds. The van der Waals surface area contributed by atoms with Crippen molar-refractivity contribution in [3.63, 3.8) is 0 Å². The van der Waals surface area contributed by atoms with Crippen molar-refractivity contribution in [3.8, 4) is 11.5 Å². The van der Waals surface area contributed by atoms with Gasteiger partial charge in [0, 0.05) is 30.0 Å². The van der Waals surface area contributed by atoms with Gasteiger partial charge in [0.2, 0.25) is 10.0 Å². The van der Waals surface area contributed by atoms with Crippen LogP contribution in [-0.4, -0.2) is 49.6 Å². The number of nitrogens with two attached hydrogens (primary N) is 1. The first-order valence-corrected chi connectivity index (χ1v) is 16.5. The Balaban J connectivity index is 1.46. The standard InChI is InChI=1S/C28H27Cl2F2N3O6S2/c29-21-13-34-14-22(30)20(21)12-24(17-3-8-23(41-28(31)32)25(11-17)39-15-16-1-2-16)40-27(36)26-35(9-10-42-26)43(37,38)19-6-4-18(33)5-7-19/h3-8,11,13-14,16,24,26,28H,1-2,9-10,12,15,33H2/p+1/t24-,26+/m0/s1. The maximum atomic E-state index is 13.7. The molecule has 15 heteroatoms. The van der Waals surface area contributed by atoms with E-state index in [1.165, 1.54) is 54.9 Å². The number of carbonyl (C=O) groups is 1. The minimum atomic E-state index is -4.05. The quantitative estimate of drug-likeness (QED) is 0.201. The smallest absolute Gasteiger partial charge is 0.387 e. The molecule has 5 rings (SSSR count). The van der Waals surface area contributed by atoms with Crippen molar-refractivity contribution in [2.24, 2.45) is 5.92 Å². The zero-order chi connectivity index (χ0) is 30.7. The molecule has 1 aromatic heterocycles. The summed E-state index contributed by atoms with van der Waals surface area (Å²) in [6.45, 7) is -2.67. The largest absolute Gasteiger partial charge is 0.489 e. The summed E-state index contributed by atoms with van der Waals surface area (Å²) in [4.78, 5) is 16.5. The van der Waals surface area contributed by atoms with Crippen LogP contribution in [0, 0.1) is 5.92 Å². The maximum Gasteiger partial charge on any atom is 0.387 e. The second-order valence-electron chi connectivity index (χ2n) is 10.0. The molecule has 0 spiro atoms. The Kier molecular flexibility index (Phi) is 9.86. The number of pyridine rings is 1. The molecule has 1 aliphatic carbocycles. The number of thioether (sulfide) groups is 1. The SMILES string of the molecule is Nc1ccc(S(=O)(=O)N2CCS[C@@H]2C(=O)O[C@@H](Cc2c(Cl)c[nH+]cc2Cl)c2ccc(OC(F)F)c(OCC3CC3)c2)cc1. The molecule has 2 atom stereocenters. The zero-order valence-corrected chi connectivity index (χ0v) is 25.7. The number of esters is 1. The highest BCUT2D eigenvalue weighted by Gasteiger charge is 2.42. The Hall–Kier alpha value is -2.84. The molecule has 9 nitrogen and oxygen atoms in total. The van der Waals surface area contributed by atoms with Crippen LogP contribution in [0.1, 0.15) is 30.1 Å². The summed E-state index contributed by atoms with van der Waals surface area (Å²) in [6, 6.07) is 9.95. The van der Waals surface area contributed by atoms with Gasteiger partial charge in [0.25, 0.3) is 0 Å². The molecule has 0 unspecified atom stereocenters. The van der Waals surface area contributed by atoms with E-state index in [1.54, 1.807) is 0 Å². The van der Waals surface area contributed by atoms with Crippen molar-refractivity contribution in [1.29, 1.82) is 0 Å². The van der Waals surface area contributed by atoms with Gasteiger partial charge in [-0.3, -0.25) is 0 Å². The molecule has 2 aromatic carbocycles. The summed E-state index contributed by atoms with van der Waals surface area (Å²) in [5, 5.41) is -0.620. The molecule has 1 aliphatic heterocycles. The Morgan fingerprint density at radius 2 is 1.79 bits per heavy atom. The Labute approximate surface area is 261 Å². The van der Waals surface area contributed by atoms with E-state index >= 15 is 0 Å². The summed E-state index contributed by atoms with van der Waals surface area (Å²) in [7, 11) is -4.05. The van der Waals surface area contributed by atoms with Crippen LogP contribution in [-0.2, 0) is 26.0 Å². The highest BCUT2D eigenvalue weighted by atomic mass is 35.5. The molecule has 2 aliphatic rings. The lowest BCUT2D eigenvalue weighted by molar-refractivity contribution is -0.377. The number of carbonyl (C=O) groups excluding carboxylic acids is 1. The van der Waals surface area contributed by atoms with Crippen LogP contribution < -0.4 is 20.2 Å². The molecule has 2 heterocycles. The van der Waals surface area contributed by atoms with Crippen molar-refractivity contribution >= 4 is 56.6 Å². The predicted molar refractivity (Wildman–Crippen MR) is 158 cm³/mol. The van der Waals surface area contributed by atoms with E-state index < -0.39 is 34.1 Å². The minimum Gasteiger partial charge on any atom is -0.489 e. The fourth-order valence-electron chi connectivity index (χ4n) is 4.47. The fraction of sp³-hybridized carbons (Fsp3) is 0.357. The molecule has 2 fully saturated rings. The van der Waals surface area contributed by atoms with E-state index in [4.69, 9.17) is 38.4 Å². The van der Waals surface area contributed by atoms with Crippen molar-refractivity contribution in [2.45, 2.75) is 42.2 Å². The third-order valence-electron chi connectivity index (χ3n) is 6.91. The molecule has 1 saturated carbocycles. The van der Waals surface area contributed by atoms with Gasteiger partial charge < -0.3 is 19.9 Å². The molecular weight excluding hydrogens is 647 g/mol. The maximum absolute atomic E-state index is 13.7. The summed E-state index contributed by atoms with van der Waals surface area (Å²) in [5.74, 6) is -0.226. The van der Waals surface area contributed by atoms with Gasteiger partial charge in [-0.25, -0.2) is 18.2 Å². The fourth-order valence-corrected chi connectivity index (χ4v) is 8.05. The highest BCUT2D eigenvalue weighted by Crippen LogP contribution is 2.39. The number of H-pyrrole nitrogens is 1. The lowest BCUT2D eigenvalue weighted by Gasteiger charge is -2.26. The predicted octanol–water partition coefficient (Wildman–Crippen LogP) is 5.37. The van der Waals surface area contributed by atoms with Crippen LogP contribution in [0.5, 0.6) is 11.5 Å². The summed E-state index contributed by atoms with van der Waals surface area (Å²) >= 11 is 13.9. The summed E-state index contributed by atoms with van der Waals surface area (Å²) in [6.07, 6.45) is 3.93. The van der Waals surface area contributed by atoms with Gasteiger partial charge in [-0.2, -0.15) is 13.1 Å². The second-order valence-corrected chi connectivity index (χ2v) is 13.9. The summed E-state index contributed by atoms with van der Waals surface area (Å²) in [5.41, 5.74) is 6.95. The third-order valence-corrected chi connectivity index (χ3v) is 10.8. The van der Waals surface area contributed by atoms with Crippen molar-refractivity contribution in [1.82, 2.24) is 4.31 Å². The van der Waals surface area contributed by atoms with E-state index in [9.17, 15) is 22.0 Å². The topological polar surface area (TPSA) is 122 Å². The van der Waals surface area contributed by atoms with Crippen LogP contribution in [0.15, 0.2) is 59.8 Å². The number of hydrogen-bond acceptors (Lipinski definition) is 8. The minimum absolute atomic E-state index is 0.00268. The van der Waals surface area contributed by atoms with Gasteiger partial charge in [-0.05, 0) is 60.7 Å². The molecule has 43 heavy (non-hydrogen) atoms. The number of nitrogens with zero attached hydrogens (tertiary/aromatic N) is 1.